The Balaban J connectivity index is 2.28. The Morgan fingerprint density at radius 2 is 2.16 bits per heavy atom. The molecule has 0 fully saturated rings. The maximum Gasteiger partial charge on any atom is 0.260 e. The van der Waals surface area contributed by atoms with Crippen LogP contribution < -0.4 is 10.1 Å². The van der Waals surface area contributed by atoms with E-state index in [0.29, 0.717) is 23.2 Å². The van der Waals surface area contributed by atoms with Crippen LogP contribution in [0, 0.1) is 0 Å². The minimum atomic E-state index is -0.536. The Bertz CT molecular complexity index is 399. The van der Waals surface area contributed by atoms with Gasteiger partial charge >= 0.3 is 0 Å². The van der Waals surface area contributed by atoms with Gasteiger partial charge < -0.3 is 10.1 Å². The van der Waals surface area contributed by atoms with Crippen LogP contribution in [0.15, 0.2) is 24.3 Å². The number of rotatable bonds is 8. The van der Waals surface area contributed by atoms with Gasteiger partial charge in [0, 0.05) is 17.4 Å². The van der Waals surface area contributed by atoms with Crippen LogP contribution in [0.4, 0.5) is 0 Å². The summed E-state index contributed by atoms with van der Waals surface area (Å²) in [4.78, 5) is 11.8. The molecule has 1 atom stereocenters. The summed E-state index contributed by atoms with van der Waals surface area (Å²) in [5, 5.41) is 3.43. The Morgan fingerprint density at radius 3 is 2.84 bits per heavy atom. The number of carbonyl (C=O) groups excluding carboxylic acids is 1. The lowest BCUT2D eigenvalue weighted by Gasteiger charge is -2.14. The molecule has 0 aromatic heterocycles. The van der Waals surface area contributed by atoms with Crippen LogP contribution in [-0.4, -0.2) is 24.4 Å². The maximum absolute atomic E-state index is 11.8. The molecule has 1 aromatic carbocycles. The van der Waals surface area contributed by atoms with Gasteiger partial charge in [-0.3, -0.25) is 4.79 Å². The molecule has 1 N–H and O–H groups in total. The molecule has 0 spiro atoms. The summed E-state index contributed by atoms with van der Waals surface area (Å²) in [6.45, 7) is 2.37. The first-order chi connectivity index (χ1) is 9.13. The number of alkyl halides is 1. The van der Waals surface area contributed by atoms with Crippen LogP contribution in [0.25, 0.3) is 0 Å². The molecule has 0 heterocycles. The quantitative estimate of drug-likeness (QED) is 0.588. The van der Waals surface area contributed by atoms with Gasteiger partial charge in [0.2, 0.25) is 0 Å². The van der Waals surface area contributed by atoms with Crippen LogP contribution in [0.3, 0.4) is 0 Å². The highest BCUT2D eigenvalue weighted by atomic mass is 35.5. The van der Waals surface area contributed by atoms with Gasteiger partial charge in [0.25, 0.3) is 5.91 Å². The summed E-state index contributed by atoms with van der Waals surface area (Å²) < 4.78 is 5.52. The molecular formula is C14H19Cl2NO2. The van der Waals surface area contributed by atoms with Gasteiger partial charge in [-0.15, -0.1) is 11.6 Å². The molecule has 0 saturated carbocycles. The number of benzene rings is 1. The van der Waals surface area contributed by atoms with Crippen molar-refractivity contribution in [2.45, 2.75) is 32.3 Å². The lowest BCUT2D eigenvalue weighted by Crippen LogP contribution is -2.36. The molecule has 0 saturated heterocycles. The largest absolute Gasteiger partial charge is 0.481 e. The second-order valence-corrected chi connectivity index (χ2v) is 5.07. The zero-order chi connectivity index (χ0) is 14.1. The van der Waals surface area contributed by atoms with Gasteiger partial charge in [0.05, 0.1) is 0 Å². The average molecular weight is 304 g/mol. The van der Waals surface area contributed by atoms with Crippen molar-refractivity contribution in [2.24, 2.45) is 0 Å². The standard InChI is InChI=1S/C14H19Cl2NO2/c1-11(14(18)17-9-4-2-3-8-15)19-13-7-5-6-12(16)10-13/h5-7,10-11H,2-4,8-9H2,1H3,(H,17,18). The topological polar surface area (TPSA) is 38.3 Å². The molecule has 0 aliphatic rings. The van der Waals surface area contributed by atoms with E-state index in [1.807, 2.05) is 0 Å². The number of unbranched alkanes of at least 4 members (excludes halogenated alkanes) is 2. The molecule has 1 amide bonds. The number of halogens is 2. The summed E-state index contributed by atoms with van der Waals surface area (Å²) in [6, 6.07) is 7.01. The zero-order valence-corrected chi connectivity index (χ0v) is 12.5. The zero-order valence-electron chi connectivity index (χ0n) is 11.0. The monoisotopic (exact) mass is 303 g/mol. The number of amides is 1. The van der Waals surface area contributed by atoms with Crippen molar-refractivity contribution in [3.8, 4) is 5.75 Å². The van der Waals surface area contributed by atoms with E-state index in [1.165, 1.54) is 0 Å². The Labute approximate surface area is 124 Å². The van der Waals surface area contributed by atoms with Crippen molar-refractivity contribution in [1.82, 2.24) is 5.32 Å². The summed E-state index contributed by atoms with van der Waals surface area (Å²) in [5.74, 6) is 1.14. The fourth-order valence-electron chi connectivity index (χ4n) is 1.55. The highest BCUT2D eigenvalue weighted by molar-refractivity contribution is 6.30. The molecule has 1 unspecified atom stereocenters. The molecule has 0 bridgehead atoms. The normalized spacial score (nSPS) is 11.9. The number of ether oxygens (including phenoxy) is 1. The van der Waals surface area contributed by atoms with E-state index < -0.39 is 6.10 Å². The van der Waals surface area contributed by atoms with Gasteiger partial charge in [-0.25, -0.2) is 0 Å². The van der Waals surface area contributed by atoms with Crippen LogP contribution in [0.2, 0.25) is 5.02 Å². The molecule has 0 radical (unpaired) electrons. The molecule has 1 aromatic rings. The maximum atomic E-state index is 11.8. The molecule has 1 rings (SSSR count). The SMILES string of the molecule is CC(Oc1cccc(Cl)c1)C(=O)NCCCCCCl. The first kappa shape index (κ1) is 16.1. The van der Waals surface area contributed by atoms with Gasteiger partial charge in [0.1, 0.15) is 5.75 Å². The predicted molar refractivity (Wildman–Crippen MR) is 79.1 cm³/mol. The highest BCUT2D eigenvalue weighted by Gasteiger charge is 2.13. The lowest BCUT2D eigenvalue weighted by molar-refractivity contribution is -0.127. The van der Waals surface area contributed by atoms with Crippen LogP contribution in [-0.2, 0) is 4.79 Å². The predicted octanol–water partition coefficient (Wildman–Crippen LogP) is 3.63. The van der Waals surface area contributed by atoms with E-state index in [2.05, 4.69) is 5.32 Å². The van der Waals surface area contributed by atoms with Gasteiger partial charge in [-0.2, -0.15) is 0 Å². The number of carbonyl (C=O) groups is 1. The van der Waals surface area contributed by atoms with E-state index in [-0.39, 0.29) is 5.91 Å². The van der Waals surface area contributed by atoms with Gasteiger partial charge in [-0.05, 0) is 38.0 Å². The average Bonchev–Trinajstić information content (AvgIpc) is 2.38. The second kappa shape index (κ2) is 9.05. The summed E-state index contributed by atoms with van der Waals surface area (Å²) in [6.07, 6.45) is 2.40. The molecule has 3 nitrogen and oxygen atoms in total. The summed E-state index contributed by atoms with van der Waals surface area (Å²) >= 11 is 11.4. The van der Waals surface area contributed by atoms with E-state index in [1.54, 1.807) is 31.2 Å². The third-order valence-corrected chi connectivity index (χ3v) is 3.09. The van der Waals surface area contributed by atoms with E-state index in [0.717, 1.165) is 19.3 Å². The smallest absolute Gasteiger partial charge is 0.260 e. The molecule has 19 heavy (non-hydrogen) atoms. The van der Waals surface area contributed by atoms with Crippen molar-refractivity contribution in [1.29, 1.82) is 0 Å². The summed E-state index contributed by atoms with van der Waals surface area (Å²) in [7, 11) is 0. The number of hydrogen-bond acceptors (Lipinski definition) is 2. The summed E-state index contributed by atoms with van der Waals surface area (Å²) in [5.41, 5.74) is 0. The minimum absolute atomic E-state index is 0.120. The Hall–Kier alpha value is -0.930. The van der Waals surface area contributed by atoms with E-state index >= 15 is 0 Å². The van der Waals surface area contributed by atoms with Crippen molar-refractivity contribution in [3.63, 3.8) is 0 Å². The van der Waals surface area contributed by atoms with Crippen molar-refractivity contribution in [2.75, 3.05) is 12.4 Å². The fourth-order valence-corrected chi connectivity index (χ4v) is 1.92. The molecular weight excluding hydrogens is 285 g/mol. The van der Waals surface area contributed by atoms with Crippen LogP contribution in [0.5, 0.6) is 5.75 Å². The van der Waals surface area contributed by atoms with Crippen molar-refractivity contribution in [3.05, 3.63) is 29.3 Å². The lowest BCUT2D eigenvalue weighted by atomic mass is 10.2. The van der Waals surface area contributed by atoms with Crippen molar-refractivity contribution >= 4 is 29.1 Å². The second-order valence-electron chi connectivity index (χ2n) is 4.26. The minimum Gasteiger partial charge on any atom is -0.481 e. The number of nitrogens with one attached hydrogen (secondary N) is 1. The first-order valence-electron chi connectivity index (χ1n) is 6.39. The van der Waals surface area contributed by atoms with Crippen LogP contribution in [0.1, 0.15) is 26.2 Å². The molecule has 5 heteroatoms. The van der Waals surface area contributed by atoms with Crippen molar-refractivity contribution < 1.29 is 9.53 Å². The molecule has 0 aliphatic carbocycles. The third kappa shape index (κ3) is 6.69. The van der Waals surface area contributed by atoms with Crippen LogP contribution >= 0.6 is 23.2 Å². The Kier molecular flexibility index (Phi) is 7.68. The highest BCUT2D eigenvalue weighted by Crippen LogP contribution is 2.18. The fraction of sp³-hybridized carbons (Fsp3) is 0.500. The first-order valence-corrected chi connectivity index (χ1v) is 7.30. The van der Waals surface area contributed by atoms with E-state index in [4.69, 9.17) is 27.9 Å². The van der Waals surface area contributed by atoms with E-state index in [9.17, 15) is 4.79 Å². The molecule has 0 aliphatic heterocycles. The molecule has 106 valence electrons. The van der Waals surface area contributed by atoms with Gasteiger partial charge in [0.15, 0.2) is 6.10 Å². The van der Waals surface area contributed by atoms with Gasteiger partial charge in [-0.1, -0.05) is 24.1 Å². The number of hydrogen-bond donors (Lipinski definition) is 1. The Morgan fingerprint density at radius 1 is 1.37 bits per heavy atom. The third-order valence-electron chi connectivity index (χ3n) is 2.59.